The summed E-state index contributed by atoms with van der Waals surface area (Å²) in [4.78, 5) is 8.13. The summed E-state index contributed by atoms with van der Waals surface area (Å²) in [6.45, 7) is 6.32. The van der Waals surface area contributed by atoms with Crippen LogP contribution >= 0.6 is 11.6 Å². The molecule has 1 aromatic carbocycles. The van der Waals surface area contributed by atoms with Gasteiger partial charge in [-0.1, -0.05) is 51.3 Å². The van der Waals surface area contributed by atoms with Crippen LogP contribution in [0, 0.1) is 17.6 Å². The molecule has 1 N–H and O–H groups in total. The second-order valence-corrected chi connectivity index (χ2v) is 7.19. The molecule has 4 nitrogen and oxygen atoms in total. The first-order chi connectivity index (χ1) is 12.9. The minimum absolute atomic E-state index is 0.151. The maximum Gasteiger partial charge on any atom is 0.255 e. The van der Waals surface area contributed by atoms with Crippen LogP contribution in [0.4, 0.5) is 14.7 Å². The molecule has 0 amide bonds. The monoisotopic (exact) mass is 397 g/mol. The molecule has 0 aliphatic carbocycles. The Balaban J connectivity index is 2.07. The van der Waals surface area contributed by atoms with Crippen LogP contribution in [0.5, 0.6) is 5.88 Å². The van der Waals surface area contributed by atoms with Crippen molar-refractivity contribution in [3.8, 4) is 5.88 Å². The molecule has 1 heterocycles. The lowest BCUT2D eigenvalue weighted by Crippen LogP contribution is -2.23. The third-order valence-electron chi connectivity index (χ3n) is 4.45. The molecular formula is C20H26ClF2N3O. The highest BCUT2D eigenvalue weighted by molar-refractivity contribution is 6.30. The van der Waals surface area contributed by atoms with Crippen LogP contribution < -0.4 is 10.1 Å². The van der Waals surface area contributed by atoms with Gasteiger partial charge >= 0.3 is 0 Å². The summed E-state index contributed by atoms with van der Waals surface area (Å²) < 4.78 is 33.2. The summed E-state index contributed by atoms with van der Waals surface area (Å²) in [6.07, 6.45) is 5.13. The summed E-state index contributed by atoms with van der Waals surface area (Å²) in [5.74, 6) is -0.528. The zero-order valence-corrected chi connectivity index (χ0v) is 16.7. The Morgan fingerprint density at radius 3 is 2.67 bits per heavy atom. The fraction of sp³-hybridized carbons (Fsp3) is 0.500. The second kappa shape index (κ2) is 10.4. The van der Waals surface area contributed by atoms with Crippen molar-refractivity contribution in [3.05, 3.63) is 46.6 Å². The van der Waals surface area contributed by atoms with Gasteiger partial charge in [0.05, 0.1) is 6.20 Å². The summed E-state index contributed by atoms with van der Waals surface area (Å²) in [7, 11) is 0. The molecule has 2 atom stereocenters. The van der Waals surface area contributed by atoms with E-state index in [4.69, 9.17) is 16.3 Å². The minimum atomic E-state index is -0.691. The van der Waals surface area contributed by atoms with E-state index in [1.165, 1.54) is 12.1 Å². The molecule has 148 valence electrons. The number of nitrogens with one attached hydrogen (secondary N) is 1. The Morgan fingerprint density at radius 1 is 1.22 bits per heavy atom. The molecular weight excluding hydrogens is 372 g/mol. The predicted octanol–water partition coefficient (Wildman–Crippen LogP) is 6.00. The number of anilines is 1. The molecule has 2 unspecified atom stereocenters. The third-order valence-corrected chi connectivity index (χ3v) is 4.68. The number of aromatic nitrogens is 2. The summed E-state index contributed by atoms with van der Waals surface area (Å²) in [5.41, 5.74) is 0.271. The first-order valence-corrected chi connectivity index (χ1v) is 9.66. The Labute approximate surface area is 164 Å². The Morgan fingerprint density at radius 2 is 2.00 bits per heavy atom. The van der Waals surface area contributed by atoms with Crippen LogP contribution in [0.15, 0.2) is 24.4 Å². The fourth-order valence-electron chi connectivity index (χ4n) is 2.74. The van der Waals surface area contributed by atoms with Gasteiger partial charge in [0.1, 0.15) is 12.4 Å². The molecule has 0 aliphatic heterocycles. The minimum Gasteiger partial charge on any atom is -0.470 e. The van der Waals surface area contributed by atoms with Crippen molar-refractivity contribution in [2.75, 3.05) is 5.32 Å². The van der Waals surface area contributed by atoms with Gasteiger partial charge in [-0.3, -0.25) is 0 Å². The van der Waals surface area contributed by atoms with E-state index in [9.17, 15) is 8.78 Å². The van der Waals surface area contributed by atoms with Crippen LogP contribution in [-0.4, -0.2) is 16.0 Å². The van der Waals surface area contributed by atoms with Crippen LogP contribution in [0.2, 0.25) is 5.02 Å². The van der Waals surface area contributed by atoms with Crippen molar-refractivity contribution in [1.82, 2.24) is 9.97 Å². The zero-order valence-electron chi connectivity index (χ0n) is 15.9. The van der Waals surface area contributed by atoms with E-state index in [1.54, 1.807) is 6.07 Å². The van der Waals surface area contributed by atoms with E-state index in [2.05, 4.69) is 36.1 Å². The lowest BCUT2D eigenvalue weighted by molar-refractivity contribution is 0.271. The van der Waals surface area contributed by atoms with Gasteiger partial charge in [-0.05, 0) is 30.9 Å². The molecule has 0 saturated heterocycles. The third kappa shape index (κ3) is 6.61. The summed E-state index contributed by atoms with van der Waals surface area (Å²) >= 11 is 5.73. The number of ether oxygens (including phenoxy) is 1. The second-order valence-electron chi connectivity index (χ2n) is 6.75. The number of hydrogen-bond donors (Lipinski definition) is 1. The Kier molecular flexibility index (Phi) is 8.23. The average molecular weight is 398 g/mol. The molecule has 0 fully saturated rings. The molecule has 0 bridgehead atoms. The highest BCUT2D eigenvalue weighted by Crippen LogP contribution is 2.21. The maximum atomic E-state index is 14.0. The largest absolute Gasteiger partial charge is 0.470 e. The first kappa shape index (κ1) is 21.4. The molecule has 0 aliphatic rings. The Bertz CT molecular complexity index is 745. The first-order valence-electron chi connectivity index (χ1n) is 9.28. The van der Waals surface area contributed by atoms with Gasteiger partial charge < -0.3 is 10.1 Å². The van der Waals surface area contributed by atoms with E-state index in [-0.39, 0.29) is 24.1 Å². The quantitative estimate of drug-likeness (QED) is 0.533. The van der Waals surface area contributed by atoms with Gasteiger partial charge in [0, 0.05) is 16.6 Å². The number of nitrogens with zero attached hydrogens (tertiary/aromatic N) is 2. The van der Waals surface area contributed by atoms with Crippen LogP contribution in [0.1, 0.15) is 52.0 Å². The van der Waals surface area contributed by atoms with Crippen LogP contribution in [0.3, 0.4) is 0 Å². The van der Waals surface area contributed by atoms with E-state index in [0.717, 1.165) is 31.9 Å². The van der Waals surface area contributed by atoms with Crippen molar-refractivity contribution in [2.45, 2.75) is 59.1 Å². The van der Waals surface area contributed by atoms with Gasteiger partial charge in [0.2, 0.25) is 11.8 Å². The SMILES string of the molecule is CCCC(CC(C)CC)Nc1ncc(F)c(OCc2ccc(Cl)cc2F)n1. The van der Waals surface area contributed by atoms with E-state index >= 15 is 0 Å². The van der Waals surface area contributed by atoms with Crippen molar-refractivity contribution >= 4 is 17.5 Å². The van der Waals surface area contributed by atoms with Gasteiger partial charge in [-0.2, -0.15) is 9.37 Å². The van der Waals surface area contributed by atoms with Crippen molar-refractivity contribution < 1.29 is 13.5 Å². The lowest BCUT2D eigenvalue weighted by atomic mass is 9.96. The van der Waals surface area contributed by atoms with Gasteiger partial charge in [-0.15, -0.1) is 0 Å². The lowest BCUT2D eigenvalue weighted by Gasteiger charge is -2.21. The highest BCUT2D eigenvalue weighted by Gasteiger charge is 2.15. The zero-order chi connectivity index (χ0) is 19.8. The van der Waals surface area contributed by atoms with Crippen LogP contribution in [0.25, 0.3) is 0 Å². The van der Waals surface area contributed by atoms with Crippen molar-refractivity contribution in [2.24, 2.45) is 5.92 Å². The maximum absolute atomic E-state index is 14.0. The number of benzene rings is 1. The normalized spacial score (nSPS) is 13.3. The van der Waals surface area contributed by atoms with Gasteiger partial charge in [0.15, 0.2) is 0 Å². The van der Waals surface area contributed by atoms with Crippen molar-refractivity contribution in [3.63, 3.8) is 0 Å². The number of rotatable bonds is 10. The van der Waals surface area contributed by atoms with Crippen LogP contribution in [-0.2, 0) is 6.61 Å². The van der Waals surface area contributed by atoms with Gasteiger partial charge in [0.25, 0.3) is 5.88 Å². The fourth-order valence-corrected chi connectivity index (χ4v) is 2.90. The summed E-state index contributed by atoms with van der Waals surface area (Å²) in [6, 6.07) is 4.45. The molecule has 27 heavy (non-hydrogen) atoms. The molecule has 0 radical (unpaired) electrons. The van der Waals surface area contributed by atoms with E-state index < -0.39 is 11.6 Å². The molecule has 1 aromatic heterocycles. The highest BCUT2D eigenvalue weighted by atomic mass is 35.5. The molecule has 7 heteroatoms. The topological polar surface area (TPSA) is 47.0 Å². The predicted molar refractivity (Wildman–Crippen MR) is 104 cm³/mol. The average Bonchev–Trinajstić information content (AvgIpc) is 2.63. The molecule has 2 rings (SSSR count). The standard InChI is InChI=1S/C20H26ClF2N3O/c1-4-6-16(9-13(3)5-2)25-20-24-11-18(23)19(26-20)27-12-14-7-8-15(21)10-17(14)22/h7-8,10-11,13,16H,4-6,9,12H2,1-3H3,(H,24,25,26). The molecule has 0 saturated carbocycles. The number of hydrogen-bond acceptors (Lipinski definition) is 4. The molecule has 0 spiro atoms. The summed E-state index contributed by atoms with van der Waals surface area (Å²) in [5, 5.41) is 3.56. The van der Waals surface area contributed by atoms with Crippen molar-refractivity contribution in [1.29, 1.82) is 0 Å². The Hall–Kier alpha value is -1.95. The number of halogens is 3. The smallest absolute Gasteiger partial charge is 0.255 e. The van der Waals surface area contributed by atoms with E-state index in [0.29, 0.717) is 16.9 Å². The van der Waals surface area contributed by atoms with Gasteiger partial charge in [-0.25, -0.2) is 9.37 Å². The van der Waals surface area contributed by atoms with E-state index in [1.807, 2.05) is 0 Å². The molecule has 2 aromatic rings.